The molecular weight excluding hydrogens is 354 g/mol. The summed E-state index contributed by atoms with van der Waals surface area (Å²) < 4.78 is 0. The molecule has 2 aromatic rings. The Morgan fingerprint density at radius 1 is 1.07 bits per heavy atom. The molecule has 4 rings (SSSR count). The number of urea groups is 1. The molecule has 2 aliphatic rings. The van der Waals surface area contributed by atoms with Crippen molar-refractivity contribution in [3.63, 3.8) is 0 Å². The normalized spacial score (nSPS) is 19.2. The number of hydrogen-bond donors (Lipinski definition) is 0. The van der Waals surface area contributed by atoms with Crippen molar-refractivity contribution in [2.75, 3.05) is 22.9 Å². The van der Waals surface area contributed by atoms with Crippen molar-refractivity contribution in [3.05, 3.63) is 59.7 Å². The van der Waals surface area contributed by atoms with Gasteiger partial charge in [-0.1, -0.05) is 35.9 Å². The fourth-order valence-electron chi connectivity index (χ4n) is 3.92. The SMILES string of the molecule is Cc1ccc(N2C(=O)N(CC(=O)N3CCCc4ccccc43)C(=O)[C@@H]2C)cc1. The van der Waals surface area contributed by atoms with Crippen molar-refractivity contribution in [1.82, 2.24) is 4.90 Å². The first kappa shape index (κ1) is 18.2. The lowest BCUT2D eigenvalue weighted by molar-refractivity contribution is -0.131. The molecule has 0 unspecified atom stereocenters. The molecule has 0 aliphatic carbocycles. The van der Waals surface area contributed by atoms with Crippen LogP contribution in [0.3, 0.4) is 0 Å². The lowest BCUT2D eigenvalue weighted by atomic mass is 10.0. The Balaban J connectivity index is 1.55. The van der Waals surface area contributed by atoms with Gasteiger partial charge >= 0.3 is 6.03 Å². The van der Waals surface area contributed by atoms with Crippen molar-refractivity contribution < 1.29 is 14.4 Å². The molecule has 0 N–H and O–H groups in total. The number of nitrogens with zero attached hydrogens (tertiary/aromatic N) is 3. The Hall–Kier alpha value is -3.15. The number of carbonyl (C=O) groups excluding carboxylic acids is 3. The summed E-state index contributed by atoms with van der Waals surface area (Å²) in [5.74, 6) is -0.573. The van der Waals surface area contributed by atoms with Crippen LogP contribution < -0.4 is 9.80 Å². The molecule has 144 valence electrons. The van der Waals surface area contributed by atoms with E-state index in [-0.39, 0.29) is 18.4 Å². The molecule has 2 aliphatic heterocycles. The Kier molecular flexibility index (Phi) is 4.63. The molecule has 2 aromatic carbocycles. The number of benzene rings is 2. The van der Waals surface area contributed by atoms with E-state index in [9.17, 15) is 14.4 Å². The summed E-state index contributed by atoms with van der Waals surface area (Å²) in [5.41, 5.74) is 3.73. The van der Waals surface area contributed by atoms with Crippen LogP contribution in [-0.4, -0.2) is 41.9 Å². The molecule has 4 amide bonds. The van der Waals surface area contributed by atoms with Gasteiger partial charge in [0.2, 0.25) is 5.91 Å². The lowest BCUT2D eigenvalue weighted by Crippen LogP contribution is -2.45. The average Bonchev–Trinajstić information content (AvgIpc) is 2.91. The maximum absolute atomic E-state index is 13.0. The zero-order valence-corrected chi connectivity index (χ0v) is 16.1. The second kappa shape index (κ2) is 7.11. The van der Waals surface area contributed by atoms with Gasteiger partial charge < -0.3 is 4.90 Å². The Labute approximate surface area is 164 Å². The van der Waals surface area contributed by atoms with Gasteiger partial charge in [-0.15, -0.1) is 0 Å². The van der Waals surface area contributed by atoms with Crippen LogP contribution >= 0.6 is 0 Å². The van der Waals surface area contributed by atoms with Gasteiger partial charge in [-0.3, -0.25) is 19.4 Å². The minimum atomic E-state index is -0.628. The van der Waals surface area contributed by atoms with Crippen LogP contribution in [0.25, 0.3) is 0 Å². The summed E-state index contributed by atoms with van der Waals surface area (Å²) in [6.45, 7) is 4.02. The van der Waals surface area contributed by atoms with Crippen LogP contribution in [-0.2, 0) is 16.0 Å². The number of imide groups is 1. The van der Waals surface area contributed by atoms with Crippen LogP contribution in [0.4, 0.5) is 16.2 Å². The first-order valence-corrected chi connectivity index (χ1v) is 9.57. The van der Waals surface area contributed by atoms with E-state index in [4.69, 9.17) is 0 Å². The van der Waals surface area contributed by atoms with Gasteiger partial charge in [0.15, 0.2) is 0 Å². The van der Waals surface area contributed by atoms with Gasteiger partial charge in [0, 0.05) is 17.9 Å². The van der Waals surface area contributed by atoms with Crippen molar-refractivity contribution in [3.8, 4) is 0 Å². The molecule has 1 saturated heterocycles. The van der Waals surface area contributed by atoms with Crippen molar-refractivity contribution in [2.45, 2.75) is 32.7 Å². The third-order valence-electron chi connectivity index (χ3n) is 5.46. The molecule has 0 aromatic heterocycles. The Bertz CT molecular complexity index is 938. The quantitative estimate of drug-likeness (QED) is 0.772. The molecule has 6 heteroatoms. The summed E-state index contributed by atoms with van der Waals surface area (Å²) in [6, 6.07) is 14.2. The van der Waals surface area contributed by atoms with Gasteiger partial charge in [-0.05, 0) is 50.5 Å². The second-order valence-electron chi connectivity index (χ2n) is 7.37. The first-order chi connectivity index (χ1) is 13.5. The second-order valence-corrected chi connectivity index (χ2v) is 7.37. The van der Waals surface area contributed by atoms with E-state index in [1.807, 2.05) is 55.5 Å². The predicted octanol–water partition coefficient (Wildman–Crippen LogP) is 3.13. The highest BCUT2D eigenvalue weighted by Crippen LogP contribution is 2.29. The maximum Gasteiger partial charge on any atom is 0.332 e. The van der Waals surface area contributed by atoms with E-state index in [0.717, 1.165) is 34.6 Å². The van der Waals surface area contributed by atoms with Crippen LogP contribution in [0.15, 0.2) is 48.5 Å². The van der Waals surface area contributed by atoms with E-state index in [0.29, 0.717) is 12.2 Å². The number of hydrogen-bond acceptors (Lipinski definition) is 3. The number of fused-ring (bicyclic) bond motifs is 1. The zero-order chi connectivity index (χ0) is 19.8. The summed E-state index contributed by atoms with van der Waals surface area (Å²) in [6.07, 6.45) is 1.80. The van der Waals surface area contributed by atoms with Crippen molar-refractivity contribution in [1.29, 1.82) is 0 Å². The van der Waals surface area contributed by atoms with Crippen molar-refractivity contribution >= 4 is 29.2 Å². The fraction of sp³-hybridized carbons (Fsp3) is 0.318. The first-order valence-electron chi connectivity index (χ1n) is 9.57. The van der Waals surface area contributed by atoms with Gasteiger partial charge in [0.05, 0.1) is 0 Å². The van der Waals surface area contributed by atoms with Gasteiger partial charge in [-0.2, -0.15) is 0 Å². The molecule has 0 bridgehead atoms. The maximum atomic E-state index is 13.0. The average molecular weight is 377 g/mol. The van der Waals surface area contributed by atoms with Gasteiger partial charge in [-0.25, -0.2) is 4.79 Å². The molecule has 1 fully saturated rings. The third kappa shape index (κ3) is 3.05. The minimum absolute atomic E-state index is 0.230. The monoisotopic (exact) mass is 377 g/mol. The molecule has 28 heavy (non-hydrogen) atoms. The molecule has 0 radical (unpaired) electrons. The van der Waals surface area contributed by atoms with E-state index in [2.05, 4.69) is 0 Å². The number of amides is 4. The zero-order valence-electron chi connectivity index (χ0n) is 16.1. The highest BCUT2D eigenvalue weighted by atomic mass is 16.2. The van der Waals surface area contributed by atoms with E-state index in [1.165, 1.54) is 4.90 Å². The number of carbonyl (C=O) groups is 3. The minimum Gasteiger partial charge on any atom is -0.311 e. The summed E-state index contributed by atoms with van der Waals surface area (Å²) in [7, 11) is 0. The number of para-hydroxylation sites is 1. The molecule has 1 atom stereocenters. The van der Waals surface area contributed by atoms with Crippen LogP contribution in [0.5, 0.6) is 0 Å². The Morgan fingerprint density at radius 2 is 1.79 bits per heavy atom. The van der Waals surface area contributed by atoms with Crippen LogP contribution in [0.1, 0.15) is 24.5 Å². The van der Waals surface area contributed by atoms with E-state index in [1.54, 1.807) is 11.8 Å². The molecule has 6 nitrogen and oxygen atoms in total. The molecular formula is C22H23N3O3. The summed E-state index contributed by atoms with van der Waals surface area (Å²) in [4.78, 5) is 42.8. The molecule has 2 heterocycles. The summed E-state index contributed by atoms with van der Waals surface area (Å²) in [5, 5.41) is 0. The lowest BCUT2D eigenvalue weighted by Gasteiger charge is -2.30. The van der Waals surface area contributed by atoms with E-state index >= 15 is 0 Å². The van der Waals surface area contributed by atoms with Gasteiger partial charge in [0.25, 0.3) is 5.91 Å². The number of aryl methyl sites for hydroxylation is 2. The van der Waals surface area contributed by atoms with E-state index < -0.39 is 12.1 Å². The topological polar surface area (TPSA) is 60.9 Å². The smallest absolute Gasteiger partial charge is 0.311 e. The summed E-state index contributed by atoms with van der Waals surface area (Å²) >= 11 is 0. The fourth-order valence-corrected chi connectivity index (χ4v) is 3.92. The van der Waals surface area contributed by atoms with Crippen molar-refractivity contribution in [2.24, 2.45) is 0 Å². The third-order valence-corrected chi connectivity index (χ3v) is 5.46. The van der Waals surface area contributed by atoms with Crippen LogP contribution in [0, 0.1) is 6.92 Å². The molecule has 0 spiro atoms. The highest BCUT2D eigenvalue weighted by molar-refractivity contribution is 6.16. The highest BCUT2D eigenvalue weighted by Gasteiger charge is 2.44. The molecule has 0 saturated carbocycles. The number of rotatable bonds is 3. The largest absolute Gasteiger partial charge is 0.332 e. The number of anilines is 2. The predicted molar refractivity (Wildman–Crippen MR) is 107 cm³/mol. The standard InChI is InChI=1S/C22H23N3O3/c1-15-9-11-18(12-10-15)25-16(2)21(27)24(22(25)28)14-20(26)23-13-5-7-17-6-3-4-8-19(17)23/h3-4,6,8-12,16H,5,7,13-14H2,1-2H3/t16-/m0/s1. The van der Waals surface area contributed by atoms with Crippen LogP contribution in [0.2, 0.25) is 0 Å². The Morgan fingerprint density at radius 3 is 2.54 bits per heavy atom. The van der Waals surface area contributed by atoms with Gasteiger partial charge in [0.1, 0.15) is 12.6 Å².